The van der Waals surface area contributed by atoms with Crippen LogP contribution in [0, 0.1) is 17.5 Å². The van der Waals surface area contributed by atoms with Crippen LogP contribution in [0.2, 0.25) is 0 Å². The lowest BCUT2D eigenvalue weighted by atomic mass is 10.0. The number of nitrogens with one attached hydrogen (secondary N) is 2. The molecule has 1 aromatic rings. The number of amides is 2. The van der Waals surface area contributed by atoms with Gasteiger partial charge in [0.05, 0.1) is 12.7 Å². The van der Waals surface area contributed by atoms with Gasteiger partial charge in [0.1, 0.15) is 0 Å². The van der Waals surface area contributed by atoms with E-state index in [0.717, 1.165) is 49.9 Å². The molecule has 28 heavy (non-hydrogen) atoms. The van der Waals surface area contributed by atoms with Crippen LogP contribution in [0.3, 0.4) is 0 Å². The molecule has 0 heterocycles. The summed E-state index contributed by atoms with van der Waals surface area (Å²) in [5.41, 5.74) is 0.613. The third-order valence-corrected chi connectivity index (χ3v) is 4.59. The van der Waals surface area contributed by atoms with E-state index in [1.54, 1.807) is 11.9 Å². The first-order valence-corrected chi connectivity index (χ1v) is 9.57. The Morgan fingerprint density at radius 1 is 1.14 bits per heavy atom. The van der Waals surface area contributed by atoms with Crippen LogP contribution in [-0.2, 0) is 9.59 Å². The van der Waals surface area contributed by atoms with Crippen molar-refractivity contribution in [3.63, 3.8) is 0 Å². The van der Waals surface area contributed by atoms with Crippen molar-refractivity contribution in [3.8, 4) is 0 Å². The lowest BCUT2D eigenvalue weighted by Crippen LogP contribution is -3.11. The molecule has 154 valence electrons. The largest absolute Gasteiger partial charge is 0.322 e. The van der Waals surface area contributed by atoms with E-state index in [4.69, 9.17) is 0 Å². The quantitative estimate of drug-likeness (QED) is 0.660. The number of nitrogens with zero attached hydrogens (tertiary/aromatic N) is 1. The first-order chi connectivity index (χ1) is 13.3. The van der Waals surface area contributed by atoms with Gasteiger partial charge in [-0.1, -0.05) is 13.0 Å². The third-order valence-electron chi connectivity index (χ3n) is 4.59. The summed E-state index contributed by atoms with van der Waals surface area (Å²) in [7, 11) is 1.68. The number of benzene rings is 1. The molecule has 1 unspecified atom stereocenters. The maximum absolute atomic E-state index is 13.7. The summed E-state index contributed by atoms with van der Waals surface area (Å²) in [6, 6.07) is 1.71. The van der Waals surface area contributed by atoms with Crippen molar-refractivity contribution in [3.05, 3.63) is 41.4 Å². The molecular weight excluding hydrogens is 371 g/mol. The minimum absolute atomic E-state index is 0.0701. The van der Waals surface area contributed by atoms with Gasteiger partial charge in [-0.15, -0.1) is 0 Å². The molecule has 0 saturated heterocycles. The molecule has 0 bridgehead atoms. The summed E-state index contributed by atoms with van der Waals surface area (Å²) in [5.74, 6) is -5.06. The molecule has 0 fully saturated rings. The number of hydrogen-bond acceptors (Lipinski definition) is 2. The Morgan fingerprint density at radius 3 is 2.54 bits per heavy atom. The zero-order valence-electron chi connectivity index (χ0n) is 16.3. The van der Waals surface area contributed by atoms with Gasteiger partial charge in [0.2, 0.25) is 0 Å². The summed E-state index contributed by atoms with van der Waals surface area (Å²) in [4.78, 5) is 27.2. The number of quaternary nitrogens is 1. The number of carbonyl (C=O) groups excluding carboxylic acids is 2. The van der Waals surface area contributed by atoms with E-state index < -0.39 is 29.0 Å². The number of carbonyl (C=O) groups is 2. The molecule has 0 radical (unpaired) electrons. The van der Waals surface area contributed by atoms with Gasteiger partial charge in [0.25, 0.3) is 11.8 Å². The molecule has 1 aliphatic carbocycles. The SMILES string of the molecule is CCCN(C(=O)C[NH+](C)CC(=O)Nc1ccc(F)c(F)c1F)C1=CCCCC1. The molecule has 5 nitrogen and oxygen atoms in total. The highest BCUT2D eigenvalue weighted by molar-refractivity contribution is 5.91. The van der Waals surface area contributed by atoms with E-state index in [0.29, 0.717) is 11.4 Å². The Kier molecular flexibility index (Phi) is 8.04. The maximum atomic E-state index is 13.7. The van der Waals surface area contributed by atoms with E-state index >= 15 is 0 Å². The van der Waals surface area contributed by atoms with Gasteiger partial charge in [-0.25, -0.2) is 13.2 Å². The van der Waals surface area contributed by atoms with Crippen molar-refractivity contribution in [1.29, 1.82) is 0 Å². The van der Waals surface area contributed by atoms with E-state index in [1.807, 2.05) is 6.92 Å². The van der Waals surface area contributed by atoms with Crippen molar-refractivity contribution in [1.82, 2.24) is 4.90 Å². The molecule has 0 saturated carbocycles. The van der Waals surface area contributed by atoms with Crippen molar-refractivity contribution >= 4 is 17.5 Å². The molecular formula is C20H27F3N3O2+. The zero-order chi connectivity index (χ0) is 20.7. The number of likely N-dealkylation sites (N-methyl/N-ethyl adjacent to an activating group) is 1. The van der Waals surface area contributed by atoms with Crippen LogP contribution in [0.5, 0.6) is 0 Å². The zero-order valence-corrected chi connectivity index (χ0v) is 16.3. The van der Waals surface area contributed by atoms with E-state index in [9.17, 15) is 22.8 Å². The lowest BCUT2D eigenvalue weighted by Gasteiger charge is -2.28. The second kappa shape index (κ2) is 10.3. The topological polar surface area (TPSA) is 53.9 Å². The summed E-state index contributed by atoms with van der Waals surface area (Å²) in [5, 5.41) is 2.22. The Labute approximate surface area is 163 Å². The van der Waals surface area contributed by atoms with E-state index in [-0.39, 0.29) is 19.0 Å². The average Bonchev–Trinajstić information content (AvgIpc) is 2.67. The highest BCUT2D eigenvalue weighted by atomic mass is 19.2. The smallest absolute Gasteiger partial charge is 0.281 e. The van der Waals surface area contributed by atoms with Crippen LogP contribution >= 0.6 is 0 Å². The molecule has 2 N–H and O–H groups in total. The van der Waals surface area contributed by atoms with Crippen molar-refractivity contribution in [2.45, 2.75) is 39.0 Å². The van der Waals surface area contributed by atoms with Crippen molar-refractivity contribution in [2.75, 3.05) is 32.0 Å². The molecule has 0 aromatic heterocycles. The molecule has 0 spiro atoms. The van der Waals surface area contributed by atoms with E-state index in [2.05, 4.69) is 11.4 Å². The summed E-state index contributed by atoms with van der Waals surface area (Å²) < 4.78 is 39.9. The molecule has 1 atom stereocenters. The Bertz CT molecular complexity index is 752. The Balaban J connectivity index is 1.93. The van der Waals surface area contributed by atoms with Crippen LogP contribution < -0.4 is 10.2 Å². The fraction of sp³-hybridized carbons (Fsp3) is 0.500. The number of hydrogen-bond donors (Lipinski definition) is 2. The number of anilines is 1. The second-order valence-electron chi connectivity index (χ2n) is 7.07. The summed E-state index contributed by atoms with van der Waals surface area (Å²) in [6.45, 7) is 2.63. The highest BCUT2D eigenvalue weighted by Gasteiger charge is 2.23. The predicted octanol–water partition coefficient (Wildman–Crippen LogP) is 2.25. The van der Waals surface area contributed by atoms with Gasteiger partial charge >= 0.3 is 0 Å². The molecule has 8 heteroatoms. The molecule has 2 rings (SSSR count). The van der Waals surface area contributed by atoms with Crippen LogP contribution in [0.1, 0.15) is 39.0 Å². The standard InChI is InChI=1S/C20H26F3N3O2/c1-3-11-26(14-7-5-4-6-8-14)18(28)13-25(2)12-17(27)24-16-10-9-15(21)19(22)20(16)23/h7,9-10H,3-6,8,11-13H2,1-2H3,(H,24,27)/p+1. The fourth-order valence-corrected chi connectivity index (χ4v) is 3.23. The molecule has 1 aromatic carbocycles. The van der Waals surface area contributed by atoms with Crippen LogP contribution in [-0.4, -0.2) is 43.4 Å². The van der Waals surface area contributed by atoms with Crippen molar-refractivity contribution in [2.24, 2.45) is 0 Å². The molecule has 2 amide bonds. The second-order valence-corrected chi connectivity index (χ2v) is 7.07. The first kappa shape index (κ1) is 21.9. The highest BCUT2D eigenvalue weighted by Crippen LogP contribution is 2.21. The third kappa shape index (κ3) is 5.82. The van der Waals surface area contributed by atoms with Crippen LogP contribution in [0.15, 0.2) is 23.9 Å². The average molecular weight is 398 g/mol. The lowest BCUT2D eigenvalue weighted by molar-refractivity contribution is -0.862. The number of halogens is 3. The minimum Gasteiger partial charge on any atom is -0.322 e. The Hall–Kier alpha value is -2.35. The van der Waals surface area contributed by atoms with Crippen LogP contribution in [0.4, 0.5) is 18.9 Å². The van der Waals surface area contributed by atoms with Gasteiger partial charge < -0.3 is 15.1 Å². The van der Waals surface area contributed by atoms with Gasteiger partial charge in [0.15, 0.2) is 30.5 Å². The van der Waals surface area contributed by atoms with Gasteiger partial charge in [-0.05, 0) is 44.2 Å². The maximum Gasteiger partial charge on any atom is 0.281 e. The first-order valence-electron chi connectivity index (χ1n) is 9.57. The number of rotatable bonds is 8. The van der Waals surface area contributed by atoms with Gasteiger partial charge in [0, 0.05) is 12.2 Å². The predicted molar refractivity (Wildman–Crippen MR) is 100 cm³/mol. The van der Waals surface area contributed by atoms with Gasteiger partial charge in [-0.3, -0.25) is 9.59 Å². The van der Waals surface area contributed by atoms with Crippen LogP contribution in [0.25, 0.3) is 0 Å². The molecule has 1 aliphatic rings. The van der Waals surface area contributed by atoms with Crippen molar-refractivity contribution < 1.29 is 27.7 Å². The normalized spacial score (nSPS) is 15.0. The summed E-state index contributed by atoms with van der Waals surface area (Å²) in [6.07, 6.45) is 6.96. The van der Waals surface area contributed by atoms with E-state index in [1.165, 1.54) is 0 Å². The Morgan fingerprint density at radius 2 is 1.89 bits per heavy atom. The molecule has 0 aliphatic heterocycles. The van der Waals surface area contributed by atoms with Gasteiger partial charge in [-0.2, -0.15) is 0 Å². The fourth-order valence-electron chi connectivity index (χ4n) is 3.23. The summed E-state index contributed by atoms with van der Waals surface area (Å²) >= 11 is 0. The number of allylic oxidation sites excluding steroid dienone is 2. The minimum atomic E-state index is -1.63. The monoisotopic (exact) mass is 398 g/mol.